The van der Waals surface area contributed by atoms with Crippen LogP contribution in [0.3, 0.4) is 0 Å². The Balaban J connectivity index is 1.55. The standard InChI is InChI=1S/C23H27ClN4O3S/c1-15(2)31-19-7-4-17(5-8-19)22(30)26-23(32)25-18-6-9-21(20(24)14-18)28-12-10-27(11-13-28)16(3)29/h4-9,14-15H,10-13H2,1-3H3,(H2,25,26,30,32). The molecule has 2 amide bonds. The minimum Gasteiger partial charge on any atom is -0.491 e. The van der Waals surface area contributed by atoms with Gasteiger partial charge in [0.05, 0.1) is 16.8 Å². The van der Waals surface area contributed by atoms with Crippen molar-refractivity contribution in [1.29, 1.82) is 0 Å². The molecule has 32 heavy (non-hydrogen) atoms. The van der Waals surface area contributed by atoms with Crippen LogP contribution in [-0.2, 0) is 4.79 Å². The van der Waals surface area contributed by atoms with E-state index in [0.717, 1.165) is 18.8 Å². The molecule has 0 aromatic heterocycles. The molecule has 0 saturated carbocycles. The predicted molar refractivity (Wildman–Crippen MR) is 132 cm³/mol. The molecule has 2 aromatic rings. The highest BCUT2D eigenvalue weighted by atomic mass is 35.5. The molecule has 2 N–H and O–H groups in total. The first-order valence-electron chi connectivity index (χ1n) is 10.4. The molecule has 3 rings (SSSR count). The summed E-state index contributed by atoms with van der Waals surface area (Å²) < 4.78 is 5.59. The number of nitrogens with one attached hydrogen (secondary N) is 2. The lowest BCUT2D eigenvalue weighted by molar-refractivity contribution is -0.129. The highest BCUT2D eigenvalue weighted by molar-refractivity contribution is 7.80. The molecule has 0 unspecified atom stereocenters. The van der Waals surface area contributed by atoms with Crippen molar-refractivity contribution in [3.63, 3.8) is 0 Å². The normalized spacial score (nSPS) is 13.7. The summed E-state index contributed by atoms with van der Waals surface area (Å²) in [5, 5.41) is 6.41. The highest BCUT2D eigenvalue weighted by Crippen LogP contribution is 2.29. The summed E-state index contributed by atoms with van der Waals surface area (Å²) in [7, 11) is 0. The molecule has 1 heterocycles. The van der Waals surface area contributed by atoms with Gasteiger partial charge in [0.25, 0.3) is 5.91 Å². The maximum Gasteiger partial charge on any atom is 0.257 e. The Bertz CT molecular complexity index is 989. The van der Waals surface area contributed by atoms with Crippen molar-refractivity contribution >= 4 is 52.1 Å². The van der Waals surface area contributed by atoms with Crippen LogP contribution in [0.2, 0.25) is 5.02 Å². The second-order valence-electron chi connectivity index (χ2n) is 7.76. The number of amides is 2. The number of anilines is 2. The van der Waals surface area contributed by atoms with Crippen LogP contribution in [0.15, 0.2) is 42.5 Å². The largest absolute Gasteiger partial charge is 0.491 e. The van der Waals surface area contributed by atoms with Gasteiger partial charge < -0.3 is 19.9 Å². The molecule has 0 aliphatic carbocycles. The fourth-order valence-electron chi connectivity index (χ4n) is 3.40. The van der Waals surface area contributed by atoms with Gasteiger partial charge in [0.2, 0.25) is 5.91 Å². The van der Waals surface area contributed by atoms with Gasteiger partial charge >= 0.3 is 0 Å². The van der Waals surface area contributed by atoms with Crippen LogP contribution in [0, 0.1) is 0 Å². The molecule has 1 saturated heterocycles. The monoisotopic (exact) mass is 474 g/mol. The second kappa shape index (κ2) is 10.7. The van der Waals surface area contributed by atoms with E-state index in [9.17, 15) is 9.59 Å². The van der Waals surface area contributed by atoms with E-state index < -0.39 is 0 Å². The van der Waals surface area contributed by atoms with E-state index >= 15 is 0 Å². The van der Waals surface area contributed by atoms with Gasteiger partial charge in [-0.25, -0.2) is 0 Å². The number of ether oxygens (including phenoxy) is 1. The minimum atomic E-state index is -0.315. The molecule has 9 heteroatoms. The molecular formula is C23H27ClN4O3S. The van der Waals surface area contributed by atoms with Crippen LogP contribution in [-0.4, -0.2) is 54.1 Å². The van der Waals surface area contributed by atoms with E-state index in [4.69, 9.17) is 28.6 Å². The van der Waals surface area contributed by atoms with Crippen molar-refractivity contribution in [3.8, 4) is 5.75 Å². The van der Waals surface area contributed by atoms with Crippen molar-refractivity contribution in [2.24, 2.45) is 0 Å². The molecule has 7 nitrogen and oxygen atoms in total. The summed E-state index contributed by atoms with van der Waals surface area (Å²) in [5.74, 6) is 0.477. The van der Waals surface area contributed by atoms with Gasteiger partial charge in [-0.2, -0.15) is 0 Å². The third-order valence-electron chi connectivity index (χ3n) is 4.99. The molecular weight excluding hydrogens is 448 g/mol. The minimum absolute atomic E-state index is 0.0646. The molecule has 1 aliphatic heterocycles. The maximum absolute atomic E-state index is 12.4. The quantitative estimate of drug-likeness (QED) is 0.640. The highest BCUT2D eigenvalue weighted by Gasteiger charge is 2.20. The number of rotatable bonds is 5. The predicted octanol–water partition coefficient (Wildman–Crippen LogP) is 3.92. The van der Waals surface area contributed by atoms with Crippen LogP contribution in [0.1, 0.15) is 31.1 Å². The zero-order chi connectivity index (χ0) is 23.3. The number of thiocarbonyl (C=S) groups is 1. The lowest BCUT2D eigenvalue weighted by atomic mass is 10.2. The van der Waals surface area contributed by atoms with E-state index in [1.54, 1.807) is 37.3 Å². The maximum atomic E-state index is 12.4. The van der Waals surface area contributed by atoms with E-state index in [1.165, 1.54) is 0 Å². The first-order valence-corrected chi connectivity index (χ1v) is 11.2. The number of hydrogen-bond acceptors (Lipinski definition) is 5. The molecule has 0 bridgehead atoms. The smallest absolute Gasteiger partial charge is 0.257 e. The Morgan fingerprint density at radius 2 is 1.72 bits per heavy atom. The molecule has 1 aliphatic rings. The number of hydrogen-bond donors (Lipinski definition) is 2. The number of benzene rings is 2. The summed E-state index contributed by atoms with van der Waals surface area (Å²) in [6, 6.07) is 12.4. The van der Waals surface area contributed by atoms with Gasteiger partial charge in [-0.15, -0.1) is 0 Å². The van der Waals surface area contributed by atoms with Crippen molar-refractivity contribution in [2.75, 3.05) is 36.4 Å². The lowest BCUT2D eigenvalue weighted by Crippen LogP contribution is -2.48. The van der Waals surface area contributed by atoms with Crippen LogP contribution < -0.4 is 20.3 Å². The average molecular weight is 475 g/mol. The Morgan fingerprint density at radius 3 is 2.28 bits per heavy atom. The first-order chi connectivity index (χ1) is 15.2. The van der Waals surface area contributed by atoms with Gasteiger partial charge in [0, 0.05) is 44.4 Å². The van der Waals surface area contributed by atoms with Crippen LogP contribution >= 0.6 is 23.8 Å². The SMILES string of the molecule is CC(=O)N1CCN(c2ccc(NC(=S)NC(=O)c3ccc(OC(C)C)cc3)cc2Cl)CC1. The van der Waals surface area contributed by atoms with Gasteiger partial charge in [-0.3, -0.25) is 14.9 Å². The van der Waals surface area contributed by atoms with Crippen molar-refractivity contribution in [3.05, 3.63) is 53.1 Å². The van der Waals surface area contributed by atoms with Crippen LogP contribution in [0.5, 0.6) is 5.75 Å². The first kappa shape index (κ1) is 23.8. The van der Waals surface area contributed by atoms with Crippen molar-refractivity contribution < 1.29 is 14.3 Å². The number of carbonyl (C=O) groups excluding carboxylic acids is 2. The topological polar surface area (TPSA) is 73.9 Å². The summed E-state index contributed by atoms with van der Waals surface area (Å²) in [5.41, 5.74) is 2.05. The van der Waals surface area contributed by atoms with Gasteiger partial charge in [-0.1, -0.05) is 11.6 Å². The van der Waals surface area contributed by atoms with E-state index in [-0.39, 0.29) is 23.0 Å². The van der Waals surface area contributed by atoms with Crippen molar-refractivity contribution in [1.82, 2.24) is 10.2 Å². The Labute approximate surface area is 198 Å². The van der Waals surface area contributed by atoms with Gasteiger partial charge in [0.15, 0.2) is 5.11 Å². The second-order valence-corrected chi connectivity index (χ2v) is 8.57. The molecule has 0 atom stereocenters. The average Bonchev–Trinajstić information content (AvgIpc) is 2.74. The Morgan fingerprint density at radius 1 is 1.06 bits per heavy atom. The fraction of sp³-hybridized carbons (Fsp3) is 0.348. The van der Waals surface area contributed by atoms with Crippen molar-refractivity contribution in [2.45, 2.75) is 26.9 Å². The van der Waals surface area contributed by atoms with E-state index in [2.05, 4.69) is 15.5 Å². The summed E-state index contributed by atoms with van der Waals surface area (Å²) in [4.78, 5) is 27.9. The third kappa shape index (κ3) is 6.34. The van der Waals surface area contributed by atoms with E-state index in [0.29, 0.717) is 35.1 Å². The number of piperazine rings is 1. The molecule has 170 valence electrons. The Hall–Kier alpha value is -2.84. The van der Waals surface area contributed by atoms with E-state index in [1.807, 2.05) is 30.9 Å². The molecule has 2 aromatic carbocycles. The van der Waals surface area contributed by atoms with Crippen LogP contribution in [0.25, 0.3) is 0 Å². The number of halogens is 1. The number of carbonyl (C=O) groups is 2. The fourth-order valence-corrected chi connectivity index (χ4v) is 3.91. The van der Waals surface area contributed by atoms with Gasteiger partial charge in [-0.05, 0) is 68.5 Å². The third-order valence-corrected chi connectivity index (χ3v) is 5.49. The summed E-state index contributed by atoms with van der Waals surface area (Å²) in [6.07, 6.45) is 0.0646. The zero-order valence-corrected chi connectivity index (χ0v) is 19.9. The van der Waals surface area contributed by atoms with Gasteiger partial charge in [0.1, 0.15) is 5.75 Å². The Kier molecular flexibility index (Phi) is 7.93. The summed E-state index contributed by atoms with van der Waals surface area (Å²) >= 11 is 11.8. The summed E-state index contributed by atoms with van der Waals surface area (Å²) in [6.45, 7) is 8.26. The number of nitrogens with zero attached hydrogens (tertiary/aromatic N) is 2. The van der Waals surface area contributed by atoms with Crippen LogP contribution in [0.4, 0.5) is 11.4 Å². The zero-order valence-electron chi connectivity index (χ0n) is 18.4. The molecule has 1 fully saturated rings. The molecule has 0 radical (unpaired) electrons. The molecule has 0 spiro atoms. The lowest BCUT2D eigenvalue weighted by Gasteiger charge is -2.36.